The molecule has 324 valence electrons. The fourth-order valence-corrected chi connectivity index (χ4v) is 12.1. The minimum absolute atomic E-state index is 0.0278. The van der Waals surface area contributed by atoms with E-state index in [-0.39, 0.29) is 11.8 Å². The summed E-state index contributed by atoms with van der Waals surface area (Å²) in [6, 6.07) is 84.5. The molecule has 69 heavy (non-hydrogen) atoms. The minimum Gasteiger partial charge on any atom is -0.454 e. The molecule has 0 amide bonds. The van der Waals surface area contributed by atoms with Crippen LogP contribution in [0.3, 0.4) is 0 Å². The largest absolute Gasteiger partial charge is 0.454 e. The second kappa shape index (κ2) is 15.7. The predicted octanol–water partition coefficient (Wildman–Crippen LogP) is 17.1. The van der Waals surface area contributed by atoms with E-state index >= 15 is 0 Å². The van der Waals surface area contributed by atoms with Gasteiger partial charge in [-0.25, -0.2) is 0 Å². The fraction of sp³-hybridized carbons (Fsp3) is 0.0455. The van der Waals surface area contributed by atoms with E-state index < -0.39 is 5.41 Å². The average Bonchev–Trinajstić information content (AvgIpc) is 4.00. The van der Waals surface area contributed by atoms with Crippen LogP contribution in [0.4, 0.5) is 11.4 Å². The van der Waals surface area contributed by atoms with Gasteiger partial charge in [-0.15, -0.1) is 0 Å². The van der Waals surface area contributed by atoms with Gasteiger partial charge in [0, 0.05) is 46.7 Å². The smallest absolute Gasteiger partial charge is 0.153 e. The third kappa shape index (κ3) is 6.10. The van der Waals surface area contributed by atoms with Crippen molar-refractivity contribution < 1.29 is 4.42 Å². The number of furan rings is 1. The summed E-state index contributed by atoms with van der Waals surface area (Å²) in [4.78, 5) is 7.00. The molecule has 2 aliphatic rings. The zero-order valence-corrected chi connectivity index (χ0v) is 37.7. The van der Waals surface area contributed by atoms with Crippen molar-refractivity contribution in [2.45, 2.75) is 11.3 Å². The SMILES string of the molecule is C1=CC2c3c(c4ccccc4c4ccccc34)C(c3ccccc3)(c3ccccc3)C2C=C1N(c1ccc(-c2cc3ncccc3o2)cc1)c1ccc2cc(-c3cccc4ccccc34)ccc2c1. The molecule has 14 rings (SSSR count). The fourth-order valence-electron chi connectivity index (χ4n) is 12.1. The van der Waals surface area contributed by atoms with Gasteiger partial charge in [-0.05, 0) is 137 Å². The Kier molecular flexibility index (Phi) is 8.93. The number of hydrogen-bond donors (Lipinski definition) is 0. The number of pyridine rings is 1. The van der Waals surface area contributed by atoms with Crippen molar-refractivity contribution in [2.75, 3.05) is 4.90 Å². The van der Waals surface area contributed by atoms with Gasteiger partial charge in [0.2, 0.25) is 0 Å². The van der Waals surface area contributed by atoms with Crippen LogP contribution in [0, 0.1) is 5.92 Å². The number of aromatic nitrogens is 1. The molecule has 0 radical (unpaired) electrons. The molecule has 0 N–H and O–H groups in total. The molecule has 0 saturated carbocycles. The molecule has 0 spiro atoms. The molecule has 0 fully saturated rings. The summed E-state index contributed by atoms with van der Waals surface area (Å²) in [6.45, 7) is 0. The van der Waals surface area contributed by atoms with E-state index in [0.29, 0.717) is 0 Å². The van der Waals surface area contributed by atoms with E-state index in [2.05, 4.69) is 240 Å². The van der Waals surface area contributed by atoms with Crippen molar-refractivity contribution in [3.63, 3.8) is 0 Å². The molecule has 0 bridgehead atoms. The number of nitrogens with zero attached hydrogens (tertiary/aromatic N) is 2. The molecule has 3 nitrogen and oxygen atoms in total. The monoisotopic (exact) mass is 880 g/mol. The highest BCUT2D eigenvalue weighted by Crippen LogP contribution is 2.63. The molecular weight excluding hydrogens is 837 g/mol. The molecule has 0 saturated heterocycles. The highest BCUT2D eigenvalue weighted by Gasteiger charge is 2.55. The third-order valence-corrected chi connectivity index (χ3v) is 15.0. The lowest BCUT2D eigenvalue weighted by atomic mass is 9.62. The maximum atomic E-state index is 6.32. The second-order valence-corrected chi connectivity index (χ2v) is 18.6. The van der Waals surface area contributed by atoms with Crippen LogP contribution in [0.1, 0.15) is 28.2 Å². The maximum absolute atomic E-state index is 6.32. The first-order valence-corrected chi connectivity index (χ1v) is 23.9. The Bertz CT molecular complexity index is 3960. The Morgan fingerprint density at radius 3 is 1.86 bits per heavy atom. The highest BCUT2D eigenvalue weighted by molar-refractivity contribution is 6.13. The molecule has 3 heteroatoms. The summed E-state index contributed by atoms with van der Waals surface area (Å²) in [6.07, 6.45) is 9.30. The van der Waals surface area contributed by atoms with Crippen molar-refractivity contribution in [3.8, 4) is 22.5 Å². The molecule has 2 unspecified atom stereocenters. The van der Waals surface area contributed by atoms with Crippen LogP contribution in [0.2, 0.25) is 0 Å². The zero-order chi connectivity index (χ0) is 45.5. The Hall–Kier alpha value is -8.79. The number of anilines is 2. The summed E-state index contributed by atoms with van der Waals surface area (Å²) in [5.41, 5.74) is 13.2. The van der Waals surface area contributed by atoms with Crippen LogP contribution in [-0.2, 0) is 5.41 Å². The summed E-state index contributed by atoms with van der Waals surface area (Å²) >= 11 is 0. The summed E-state index contributed by atoms with van der Waals surface area (Å²) in [5.74, 6) is 0.932. The number of rotatable bonds is 7. The van der Waals surface area contributed by atoms with Crippen molar-refractivity contribution in [2.24, 2.45) is 5.92 Å². The van der Waals surface area contributed by atoms with Gasteiger partial charge < -0.3 is 9.32 Å². The van der Waals surface area contributed by atoms with Crippen molar-refractivity contribution in [1.82, 2.24) is 4.98 Å². The van der Waals surface area contributed by atoms with Gasteiger partial charge in [-0.2, -0.15) is 0 Å². The molecule has 2 aliphatic carbocycles. The quantitative estimate of drug-likeness (QED) is 0.149. The number of benzene rings is 10. The molecule has 0 aliphatic heterocycles. The minimum atomic E-state index is -0.519. The van der Waals surface area contributed by atoms with E-state index in [1.165, 1.54) is 76.5 Å². The Morgan fingerprint density at radius 1 is 0.464 bits per heavy atom. The first kappa shape index (κ1) is 39.4. The lowest BCUT2D eigenvalue weighted by Crippen LogP contribution is -2.36. The average molecular weight is 881 g/mol. The van der Waals surface area contributed by atoms with Crippen molar-refractivity contribution >= 4 is 65.6 Å². The van der Waals surface area contributed by atoms with Crippen LogP contribution in [-0.4, -0.2) is 4.98 Å². The zero-order valence-electron chi connectivity index (χ0n) is 37.7. The van der Waals surface area contributed by atoms with E-state index in [9.17, 15) is 0 Å². The standard InChI is InChI=1S/C66H44N2O/c1-3-17-48(18-4-1)66(49-19-5-2-6-20-49)60-41-52(36-37-59(60)64-57-24-11-9-22-55(57)56-23-10-12-25-58(56)65(64)66)68(50-33-30-44(31-34-50)63-42-61-62(69-63)27-14-38-67-61)51-35-32-45-39-47(29-28-46(45)40-51)54-26-13-16-43-15-7-8-21-53(43)54/h1-42,59-60H. The Morgan fingerprint density at radius 2 is 1.09 bits per heavy atom. The summed E-state index contributed by atoms with van der Waals surface area (Å²) in [5, 5.41) is 10.1. The van der Waals surface area contributed by atoms with Crippen molar-refractivity contribution in [3.05, 3.63) is 283 Å². The molecular formula is C66H44N2O. The third-order valence-electron chi connectivity index (χ3n) is 15.0. The molecule has 2 heterocycles. The Balaban J connectivity index is 0.984. The number of fused-ring (bicyclic) bond motifs is 11. The van der Waals surface area contributed by atoms with Crippen LogP contribution in [0.15, 0.2) is 265 Å². The molecule has 10 aromatic carbocycles. The van der Waals surface area contributed by atoms with Gasteiger partial charge in [0.1, 0.15) is 11.3 Å². The van der Waals surface area contributed by atoms with E-state index in [1.54, 1.807) is 0 Å². The molecule has 12 aromatic rings. The molecule has 2 atom stereocenters. The van der Waals surface area contributed by atoms with E-state index in [0.717, 1.165) is 39.5 Å². The van der Waals surface area contributed by atoms with Crippen LogP contribution in [0.5, 0.6) is 0 Å². The topological polar surface area (TPSA) is 29.3 Å². The summed E-state index contributed by atoms with van der Waals surface area (Å²) in [7, 11) is 0. The first-order valence-electron chi connectivity index (χ1n) is 23.9. The number of allylic oxidation sites excluding steroid dienone is 3. The lowest BCUT2D eigenvalue weighted by Gasteiger charge is -2.41. The predicted molar refractivity (Wildman–Crippen MR) is 286 cm³/mol. The van der Waals surface area contributed by atoms with Crippen LogP contribution < -0.4 is 4.90 Å². The number of hydrogen-bond acceptors (Lipinski definition) is 3. The van der Waals surface area contributed by atoms with Gasteiger partial charge in [-0.1, -0.05) is 182 Å². The summed E-state index contributed by atoms with van der Waals surface area (Å²) < 4.78 is 6.32. The van der Waals surface area contributed by atoms with Crippen molar-refractivity contribution in [1.29, 1.82) is 0 Å². The van der Waals surface area contributed by atoms with Gasteiger partial charge in [0.05, 0.1) is 5.41 Å². The second-order valence-electron chi connectivity index (χ2n) is 18.6. The van der Waals surface area contributed by atoms with Gasteiger partial charge >= 0.3 is 0 Å². The van der Waals surface area contributed by atoms with Gasteiger partial charge in [0.15, 0.2) is 5.58 Å². The maximum Gasteiger partial charge on any atom is 0.153 e. The highest BCUT2D eigenvalue weighted by atomic mass is 16.3. The normalized spacial score (nSPS) is 16.0. The lowest BCUT2D eigenvalue weighted by molar-refractivity contribution is 0.456. The van der Waals surface area contributed by atoms with E-state index in [4.69, 9.17) is 4.42 Å². The van der Waals surface area contributed by atoms with Crippen LogP contribution in [0.25, 0.3) is 76.6 Å². The van der Waals surface area contributed by atoms with Gasteiger partial charge in [0.25, 0.3) is 0 Å². The Labute approximate surface area is 400 Å². The molecule has 2 aromatic heterocycles. The first-order chi connectivity index (χ1) is 34.2. The van der Waals surface area contributed by atoms with E-state index in [1.807, 2.05) is 24.4 Å². The van der Waals surface area contributed by atoms with Gasteiger partial charge in [-0.3, -0.25) is 4.98 Å². The van der Waals surface area contributed by atoms with Crippen LogP contribution >= 0.6 is 0 Å².